The molecule has 0 saturated carbocycles. The molecule has 222 valence electrons. The van der Waals surface area contributed by atoms with Gasteiger partial charge in [-0.2, -0.15) is 0 Å². The molecule has 0 spiro atoms. The lowest BCUT2D eigenvalue weighted by molar-refractivity contribution is -0.353. The number of aliphatic hydroxyl groups is 10. The van der Waals surface area contributed by atoms with Crippen molar-refractivity contribution >= 4 is 5.97 Å². The number of carbonyl (C=O) groups is 1. The van der Waals surface area contributed by atoms with Crippen molar-refractivity contribution in [2.24, 2.45) is 0 Å². The number of aliphatic carboxylic acids is 1. The highest BCUT2D eigenvalue weighted by atomic mass is 16.7. The zero-order valence-electron chi connectivity index (χ0n) is 19.7. The fraction of sp³-hybridized carbons (Fsp3) is 0.950. The van der Waals surface area contributed by atoms with E-state index in [9.17, 15) is 61.0 Å². The third-order valence-electron chi connectivity index (χ3n) is 6.38. The van der Waals surface area contributed by atoms with Crippen molar-refractivity contribution in [2.75, 3.05) is 26.4 Å². The number of rotatable bonds is 10. The van der Waals surface area contributed by atoms with Crippen LogP contribution in [0.1, 0.15) is 0 Å². The van der Waals surface area contributed by atoms with Crippen LogP contribution in [0.5, 0.6) is 0 Å². The van der Waals surface area contributed by atoms with E-state index in [2.05, 4.69) is 0 Å². The Balaban J connectivity index is 1.52. The van der Waals surface area contributed by atoms with Crippen LogP contribution >= 0.6 is 0 Å². The highest BCUT2D eigenvalue weighted by molar-refractivity contribution is 5.70. The number of carboxylic acid groups (broad SMARTS) is 1. The molecular formula is C20H33O18-. The van der Waals surface area contributed by atoms with E-state index in [0.717, 1.165) is 0 Å². The summed E-state index contributed by atoms with van der Waals surface area (Å²) in [5, 5.41) is 110. The monoisotopic (exact) mass is 561 g/mol. The Kier molecular flexibility index (Phi) is 11.1. The van der Waals surface area contributed by atoms with Gasteiger partial charge < -0.3 is 89.4 Å². The van der Waals surface area contributed by atoms with Gasteiger partial charge in [0.2, 0.25) is 0 Å². The third-order valence-corrected chi connectivity index (χ3v) is 6.38. The Morgan fingerprint density at radius 1 is 0.737 bits per heavy atom. The van der Waals surface area contributed by atoms with E-state index >= 15 is 0 Å². The van der Waals surface area contributed by atoms with E-state index in [1.807, 2.05) is 0 Å². The van der Waals surface area contributed by atoms with Gasteiger partial charge in [-0.15, -0.1) is 0 Å². The van der Waals surface area contributed by atoms with Gasteiger partial charge in [-0.05, 0) is 0 Å². The molecule has 3 heterocycles. The van der Waals surface area contributed by atoms with Gasteiger partial charge in [0.15, 0.2) is 18.9 Å². The summed E-state index contributed by atoms with van der Waals surface area (Å²) in [7, 11) is 0. The molecule has 38 heavy (non-hydrogen) atoms. The van der Waals surface area contributed by atoms with Gasteiger partial charge in [-0.25, -0.2) is 0 Å². The first-order chi connectivity index (χ1) is 17.9. The number of hydrogen-bond acceptors (Lipinski definition) is 18. The average Bonchev–Trinajstić information content (AvgIpc) is 2.89. The Bertz CT molecular complexity index is 757. The fourth-order valence-corrected chi connectivity index (χ4v) is 4.00. The number of hydrogen-bond donors (Lipinski definition) is 10. The molecular weight excluding hydrogens is 528 g/mol. The summed E-state index contributed by atoms with van der Waals surface area (Å²) in [6, 6.07) is 0. The predicted octanol–water partition coefficient (Wildman–Crippen LogP) is -8.80. The molecule has 3 aliphatic heterocycles. The number of carboxylic acids is 1. The van der Waals surface area contributed by atoms with E-state index in [0.29, 0.717) is 0 Å². The van der Waals surface area contributed by atoms with E-state index in [4.69, 9.17) is 28.4 Å². The molecule has 3 saturated heterocycles. The van der Waals surface area contributed by atoms with E-state index in [-0.39, 0.29) is 6.61 Å². The van der Waals surface area contributed by atoms with E-state index in [1.165, 1.54) is 0 Å². The first-order valence-electron chi connectivity index (χ1n) is 11.6. The molecule has 0 amide bonds. The van der Waals surface area contributed by atoms with Crippen LogP contribution in [0, 0.1) is 0 Å². The molecule has 3 aliphatic rings. The number of aliphatic hydroxyl groups excluding tert-OH is 10. The van der Waals surface area contributed by atoms with Gasteiger partial charge in [0.25, 0.3) is 0 Å². The van der Waals surface area contributed by atoms with E-state index in [1.54, 1.807) is 0 Å². The van der Waals surface area contributed by atoms with Crippen molar-refractivity contribution in [3.8, 4) is 0 Å². The summed E-state index contributed by atoms with van der Waals surface area (Å²) in [4.78, 5) is 10.7. The first-order valence-corrected chi connectivity index (χ1v) is 11.6. The van der Waals surface area contributed by atoms with Crippen molar-refractivity contribution in [1.29, 1.82) is 0 Å². The van der Waals surface area contributed by atoms with Gasteiger partial charge in [0.05, 0.1) is 32.4 Å². The fourth-order valence-electron chi connectivity index (χ4n) is 4.00. The molecule has 0 aromatic rings. The Morgan fingerprint density at radius 3 is 1.68 bits per heavy atom. The van der Waals surface area contributed by atoms with Crippen LogP contribution in [-0.2, 0) is 33.2 Å². The topological polar surface area (TPSA) is 298 Å². The van der Waals surface area contributed by atoms with Crippen LogP contribution in [-0.4, -0.2) is 176 Å². The van der Waals surface area contributed by atoms with Crippen molar-refractivity contribution < 1.29 is 89.4 Å². The second-order valence-electron chi connectivity index (χ2n) is 9.08. The average molecular weight is 561 g/mol. The Morgan fingerprint density at radius 2 is 1.18 bits per heavy atom. The molecule has 0 bridgehead atoms. The molecule has 18 nitrogen and oxygen atoms in total. The van der Waals surface area contributed by atoms with Gasteiger partial charge in [-0.1, -0.05) is 0 Å². The molecule has 3 rings (SSSR count). The van der Waals surface area contributed by atoms with Crippen LogP contribution in [0.15, 0.2) is 0 Å². The molecule has 0 aromatic heterocycles. The molecule has 0 unspecified atom stereocenters. The van der Waals surface area contributed by atoms with Crippen LogP contribution < -0.4 is 5.11 Å². The lowest BCUT2D eigenvalue weighted by atomic mass is 10.0. The van der Waals surface area contributed by atoms with Crippen molar-refractivity contribution in [2.45, 2.75) is 92.1 Å². The smallest absolute Gasteiger partial charge is 0.186 e. The standard InChI is InChI=1S/C20H34O18/c21-1-6(10(24)13(27)17(31)32)36-19-15(29)11(25)8(3-34-19)38-20-16(30)12(26)7(4-35-20)37-18-14(28)9(23)5(22)2-33-18/h5-16,18-30H,1-4H2,(H,31,32)/p-1/t5-,6-,7-,8-,9+,10+,11+,12+,13-,14-,15-,16-,18+,19+,20+/m1/s1. The van der Waals surface area contributed by atoms with Gasteiger partial charge >= 0.3 is 0 Å². The van der Waals surface area contributed by atoms with Crippen molar-refractivity contribution in [3.63, 3.8) is 0 Å². The van der Waals surface area contributed by atoms with Gasteiger partial charge in [0, 0.05) is 0 Å². The zero-order valence-corrected chi connectivity index (χ0v) is 19.7. The quantitative estimate of drug-likeness (QED) is 0.118. The third kappa shape index (κ3) is 6.93. The van der Waals surface area contributed by atoms with Gasteiger partial charge in [0.1, 0.15) is 73.2 Å². The van der Waals surface area contributed by atoms with Crippen LogP contribution in [0.3, 0.4) is 0 Å². The van der Waals surface area contributed by atoms with Crippen LogP contribution in [0.4, 0.5) is 0 Å². The molecule has 3 fully saturated rings. The molecule has 15 atom stereocenters. The molecule has 10 N–H and O–H groups in total. The summed E-state index contributed by atoms with van der Waals surface area (Å²) in [5.41, 5.74) is 0. The summed E-state index contributed by atoms with van der Waals surface area (Å²) in [6.07, 6.45) is -25.4. The second kappa shape index (κ2) is 13.5. The van der Waals surface area contributed by atoms with Crippen molar-refractivity contribution in [1.82, 2.24) is 0 Å². The molecule has 18 heteroatoms. The SMILES string of the molecule is O=C([O-])[C@H](O)[C@@H](O)[C@@H](CO)O[C@@H]1OC[C@@H](O[C@@H]2OC[C@@H](O[C@@H]3OC[C@@H](O)[C@H](O)[C@H]3O)[C@H](O)[C@H]2O)[C@H](O)[C@H]1O. The second-order valence-corrected chi connectivity index (χ2v) is 9.08. The lowest BCUT2D eigenvalue weighted by Crippen LogP contribution is -2.62. The summed E-state index contributed by atoms with van der Waals surface area (Å²) < 4.78 is 31.5. The zero-order chi connectivity index (χ0) is 28.3. The minimum Gasteiger partial charge on any atom is -0.547 e. The van der Waals surface area contributed by atoms with E-state index < -0.39 is 118 Å². The maximum Gasteiger partial charge on any atom is 0.186 e. The summed E-state index contributed by atoms with van der Waals surface area (Å²) >= 11 is 0. The largest absolute Gasteiger partial charge is 0.547 e. The highest BCUT2D eigenvalue weighted by Crippen LogP contribution is 2.27. The highest BCUT2D eigenvalue weighted by Gasteiger charge is 2.48. The Labute approximate surface area is 214 Å². The molecule has 0 aliphatic carbocycles. The maximum atomic E-state index is 10.7. The maximum absolute atomic E-state index is 10.7. The normalized spacial score (nSPS) is 44.8. The van der Waals surface area contributed by atoms with Crippen LogP contribution in [0.2, 0.25) is 0 Å². The minimum atomic E-state index is -2.43. The summed E-state index contributed by atoms with van der Waals surface area (Å²) in [5.74, 6) is -2.04. The number of carbonyl (C=O) groups excluding carboxylic acids is 1. The molecule has 0 radical (unpaired) electrons. The lowest BCUT2D eigenvalue weighted by Gasteiger charge is -2.44. The van der Waals surface area contributed by atoms with Crippen molar-refractivity contribution in [3.05, 3.63) is 0 Å². The predicted molar refractivity (Wildman–Crippen MR) is 110 cm³/mol. The molecule has 0 aromatic carbocycles. The number of ether oxygens (including phenoxy) is 6. The Hall–Kier alpha value is -1.17. The summed E-state index contributed by atoms with van der Waals surface area (Å²) in [6.45, 7) is -2.28. The van der Waals surface area contributed by atoms with Gasteiger partial charge in [-0.3, -0.25) is 0 Å². The minimum absolute atomic E-state index is 0.358. The first kappa shape index (κ1) is 31.4. The van der Waals surface area contributed by atoms with Crippen LogP contribution in [0.25, 0.3) is 0 Å².